The van der Waals surface area contributed by atoms with Gasteiger partial charge in [-0.05, 0) is 42.2 Å². The van der Waals surface area contributed by atoms with E-state index in [-0.39, 0.29) is 6.10 Å². The number of nitrogens with zero attached hydrogens (tertiary/aromatic N) is 2. The van der Waals surface area contributed by atoms with Crippen LogP contribution in [-0.4, -0.2) is 48.9 Å². The van der Waals surface area contributed by atoms with E-state index in [1.165, 1.54) is 18.4 Å². The Labute approximate surface area is 161 Å². The molecule has 0 radical (unpaired) electrons. The van der Waals surface area contributed by atoms with Gasteiger partial charge in [-0.25, -0.2) is 0 Å². The maximum atomic E-state index is 6.17. The van der Waals surface area contributed by atoms with Crippen LogP contribution in [0.4, 0.5) is 0 Å². The third-order valence-corrected chi connectivity index (χ3v) is 5.70. The predicted molar refractivity (Wildman–Crippen MR) is 104 cm³/mol. The number of pyridine rings is 1. The Morgan fingerprint density at radius 3 is 2.81 bits per heavy atom. The maximum Gasteiger partial charge on any atom is 0.118 e. The van der Waals surface area contributed by atoms with Gasteiger partial charge in [-0.3, -0.25) is 9.88 Å². The zero-order valence-electron chi connectivity index (χ0n) is 15.9. The van der Waals surface area contributed by atoms with Gasteiger partial charge in [0.25, 0.3) is 0 Å². The van der Waals surface area contributed by atoms with Crippen molar-refractivity contribution in [3.8, 4) is 5.75 Å². The molecule has 0 amide bonds. The topological polar surface area (TPSA) is 43.8 Å². The van der Waals surface area contributed by atoms with Crippen LogP contribution in [0.1, 0.15) is 24.0 Å². The molecule has 5 heteroatoms. The molecule has 1 aliphatic heterocycles. The standard InChI is InChI=1S/C22H28N2O3/c1-25-20-7-4-17(5-8-20)14-24-11-12-27-22-19(6-9-21(22)24)16-26-15-18-3-2-10-23-13-18/h2-5,7-8,10,13,19,21-22H,6,9,11-12,14-16H2,1H3/t19-,21-,22+/m0/s1. The van der Waals surface area contributed by atoms with Crippen molar-refractivity contribution in [2.75, 3.05) is 26.9 Å². The summed E-state index contributed by atoms with van der Waals surface area (Å²) in [5.41, 5.74) is 2.45. The van der Waals surface area contributed by atoms with E-state index < -0.39 is 0 Å². The van der Waals surface area contributed by atoms with Crippen LogP contribution in [0, 0.1) is 5.92 Å². The first kappa shape index (κ1) is 18.4. The Kier molecular flexibility index (Phi) is 6.02. The summed E-state index contributed by atoms with van der Waals surface area (Å²) in [6.45, 7) is 4.15. The summed E-state index contributed by atoms with van der Waals surface area (Å²) in [5.74, 6) is 1.38. The van der Waals surface area contributed by atoms with Crippen LogP contribution in [0.25, 0.3) is 0 Å². The number of aromatic nitrogens is 1. The molecule has 1 aromatic heterocycles. The molecule has 27 heavy (non-hydrogen) atoms. The van der Waals surface area contributed by atoms with Gasteiger partial charge in [-0.15, -0.1) is 0 Å². The number of rotatable bonds is 7. The highest BCUT2D eigenvalue weighted by molar-refractivity contribution is 5.27. The van der Waals surface area contributed by atoms with Crippen molar-refractivity contribution in [3.05, 3.63) is 59.9 Å². The first-order valence-corrected chi connectivity index (χ1v) is 9.79. The van der Waals surface area contributed by atoms with Crippen molar-refractivity contribution in [1.82, 2.24) is 9.88 Å². The van der Waals surface area contributed by atoms with Crippen molar-refractivity contribution in [1.29, 1.82) is 0 Å². The van der Waals surface area contributed by atoms with E-state index in [1.807, 2.05) is 24.4 Å². The lowest BCUT2D eigenvalue weighted by Gasteiger charge is -2.39. The summed E-state index contributed by atoms with van der Waals surface area (Å²) in [7, 11) is 1.70. The van der Waals surface area contributed by atoms with Crippen molar-refractivity contribution < 1.29 is 14.2 Å². The van der Waals surface area contributed by atoms with Crippen LogP contribution >= 0.6 is 0 Å². The monoisotopic (exact) mass is 368 g/mol. The van der Waals surface area contributed by atoms with Crippen LogP contribution < -0.4 is 4.74 Å². The summed E-state index contributed by atoms with van der Waals surface area (Å²) in [4.78, 5) is 6.72. The molecule has 2 fully saturated rings. The fourth-order valence-electron chi connectivity index (χ4n) is 4.29. The molecule has 1 aliphatic carbocycles. The van der Waals surface area contributed by atoms with Crippen molar-refractivity contribution >= 4 is 0 Å². The molecule has 0 bridgehead atoms. The van der Waals surface area contributed by atoms with E-state index in [9.17, 15) is 0 Å². The highest BCUT2D eigenvalue weighted by atomic mass is 16.5. The summed E-state index contributed by atoms with van der Waals surface area (Å²) in [5, 5.41) is 0. The molecule has 5 nitrogen and oxygen atoms in total. The third kappa shape index (κ3) is 4.49. The van der Waals surface area contributed by atoms with Crippen LogP contribution in [0.3, 0.4) is 0 Å². The van der Waals surface area contributed by atoms with Gasteiger partial charge in [0.15, 0.2) is 0 Å². The number of methoxy groups -OCH3 is 1. The second kappa shape index (κ2) is 8.83. The molecular formula is C22H28N2O3. The van der Waals surface area contributed by atoms with Crippen LogP contribution in [-0.2, 0) is 22.6 Å². The second-order valence-corrected chi connectivity index (χ2v) is 7.44. The summed E-state index contributed by atoms with van der Waals surface area (Å²) in [6, 6.07) is 12.9. The lowest BCUT2D eigenvalue weighted by atomic mass is 10.0. The number of fused-ring (bicyclic) bond motifs is 1. The van der Waals surface area contributed by atoms with Crippen LogP contribution in [0.2, 0.25) is 0 Å². The number of benzene rings is 1. The fourth-order valence-corrected chi connectivity index (χ4v) is 4.29. The van der Waals surface area contributed by atoms with Gasteiger partial charge in [0.05, 0.1) is 33.0 Å². The van der Waals surface area contributed by atoms with Crippen molar-refractivity contribution in [2.24, 2.45) is 5.92 Å². The van der Waals surface area contributed by atoms with Crippen LogP contribution in [0.15, 0.2) is 48.8 Å². The first-order valence-electron chi connectivity index (χ1n) is 9.79. The molecule has 0 N–H and O–H groups in total. The zero-order valence-corrected chi connectivity index (χ0v) is 15.9. The molecule has 0 unspecified atom stereocenters. The fraction of sp³-hybridized carbons (Fsp3) is 0.500. The minimum atomic E-state index is 0.283. The van der Waals surface area contributed by atoms with Crippen molar-refractivity contribution in [2.45, 2.75) is 38.1 Å². The number of morpholine rings is 1. The van der Waals surface area contributed by atoms with Gasteiger partial charge < -0.3 is 14.2 Å². The van der Waals surface area contributed by atoms with Gasteiger partial charge in [0.2, 0.25) is 0 Å². The Morgan fingerprint density at radius 1 is 1.15 bits per heavy atom. The molecule has 144 valence electrons. The maximum absolute atomic E-state index is 6.17. The summed E-state index contributed by atoms with van der Waals surface area (Å²) < 4.78 is 17.4. The predicted octanol–water partition coefficient (Wildman–Crippen LogP) is 3.29. The van der Waals surface area contributed by atoms with E-state index in [0.717, 1.165) is 37.6 Å². The number of ether oxygens (including phenoxy) is 3. The van der Waals surface area contributed by atoms with Gasteiger partial charge >= 0.3 is 0 Å². The van der Waals surface area contributed by atoms with Gasteiger partial charge in [-0.2, -0.15) is 0 Å². The van der Waals surface area contributed by atoms with E-state index in [2.05, 4.69) is 28.1 Å². The molecule has 4 rings (SSSR count). The molecule has 1 aromatic carbocycles. The average Bonchev–Trinajstić information content (AvgIpc) is 3.14. The highest BCUT2D eigenvalue weighted by Crippen LogP contribution is 2.35. The van der Waals surface area contributed by atoms with E-state index in [0.29, 0.717) is 18.6 Å². The first-order chi connectivity index (χ1) is 13.3. The molecule has 2 aliphatic rings. The Bertz CT molecular complexity index is 707. The number of hydrogen-bond donors (Lipinski definition) is 0. The molecule has 1 saturated heterocycles. The molecule has 2 heterocycles. The molecule has 2 aromatic rings. The lowest BCUT2D eigenvalue weighted by molar-refractivity contribution is -0.0891. The van der Waals surface area contributed by atoms with E-state index in [4.69, 9.17) is 14.2 Å². The van der Waals surface area contributed by atoms with Crippen molar-refractivity contribution in [3.63, 3.8) is 0 Å². The lowest BCUT2D eigenvalue weighted by Crippen LogP contribution is -2.50. The third-order valence-electron chi connectivity index (χ3n) is 5.70. The summed E-state index contributed by atoms with van der Waals surface area (Å²) >= 11 is 0. The summed E-state index contributed by atoms with van der Waals surface area (Å²) in [6.07, 6.45) is 6.29. The van der Waals surface area contributed by atoms with Gasteiger partial charge in [0.1, 0.15) is 5.75 Å². The Morgan fingerprint density at radius 2 is 2.04 bits per heavy atom. The number of hydrogen-bond acceptors (Lipinski definition) is 5. The van der Waals surface area contributed by atoms with E-state index >= 15 is 0 Å². The van der Waals surface area contributed by atoms with Gasteiger partial charge in [0, 0.05) is 37.4 Å². The zero-order chi connectivity index (χ0) is 18.5. The molecular weight excluding hydrogens is 340 g/mol. The largest absolute Gasteiger partial charge is 0.497 e. The minimum absolute atomic E-state index is 0.283. The smallest absolute Gasteiger partial charge is 0.118 e. The van der Waals surface area contributed by atoms with Gasteiger partial charge in [-0.1, -0.05) is 18.2 Å². The SMILES string of the molecule is COc1ccc(CN2CCO[C@@H]3[C@H](COCc4cccnc4)CC[C@@H]32)cc1. The minimum Gasteiger partial charge on any atom is -0.497 e. The Balaban J connectivity index is 1.31. The Hall–Kier alpha value is -1.95. The normalized spacial score (nSPS) is 25.3. The molecule has 3 atom stereocenters. The molecule has 1 saturated carbocycles. The van der Waals surface area contributed by atoms with E-state index in [1.54, 1.807) is 13.3 Å². The highest BCUT2D eigenvalue weighted by Gasteiger charge is 2.42. The average molecular weight is 368 g/mol. The molecule has 0 spiro atoms. The quantitative estimate of drug-likeness (QED) is 0.750. The van der Waals surface area contributed by atoms with Crippen LogP contribution in [0.5, 0.6) is 5.75 Å². The second-order valence-electron chi connectivity index (χ2n) is 7.44.